The molecule has 0 heterocycles. The Balaban J connectivity index is 4.09. The average Bonchev–Trinajstić information content (AvgIpc) is 2.77. The van der Waals surface area contributed by atoms with Gasteiger partial charge in [0.05, 0.1) is 5.41 Å². The molecule has 0 saturated carbocycles. The van der Waals surface area contributed by atoms with Crippen molar-refractivity contribution in [2.75, 3.05) is 0 Å². The Morgan fingerprint density at radius 1 is 0.657 bits per heavy atom. The molecule has 0 fully saturated rings. The molecular formula is C27H52O7S. The topological polar surface area (TPSA) is 118 Å². The van der Waals surface area contributed by atoms with Gasteiger partial charge in [-0.3, -0.25) is 14.1 Å². The lowest BCUT2D eigenvalue weighted by molar-refractivity contribution is -0.146. The van der Waals surface area contributed by atoms with E-state index in [0.717, 1.165) is 70.6 Å². The van der Waals surface area contributed by atoms with E-state index in [4.69, 9.17) is 9.66 Å². The second-order valence-corrected chi connectivity index (χ2v) is 11.4. The zero-order valence-corrected chi connectivity index (χ0v) is 23.2. The summed E-state index contributed by atoms with van der Waals surface area (Å²) in [6, 6.07) is 0. The van der Waals surface area contributed by atoms with Crippen LogP contribution in [0.1, 0.15) is 155 Å². The molecular weight excluding hydrogens is 468 g/mol. The SMILES string of the molecule is CCCCCCCCCCC(C)(CCCCCCCCCCCCCC(=O)O)C(=O)OS(=O)(=O)O. The van der Waals surface area contributed by atoms with E-state index >= 15 is 0 Å². The van der Waals surface area contributed by atoms with E-state index in [1.807, 2.05) is 0 Å². The number of carbonyl (C=O) groups is 2. The van der Waals surface area contributed by atoms with E-state index in [1.165, 1.54) is 51.4 Å². The van der Waals surface area contributed by atoms with E-state index in [1.54, 1.807) is 6.92 Å². The van der Waals surface area contributed by atoms with Crippen LogP contribution in [0.25, 0.3) is 0 Å². The molecule has 8 heteroatoms. The third-order valence-electron chi connectivity index (χ3n) is 6.88. The summed E-state index contributed by atoms with van der Waals surface area (Å²) in [6.45, 7) is 3.96. The fourth-order valence-corrected chi connectivity index (χ4v) is 4.95. The monoisotopic (exact) mass is 520 g/mol. The van der Waals surface area contributed by atoms with Gasteiger partial charge < -0.3 is 9.29 Å². The van der Waals surface area contributed by atoms with Gasteiger partial charge in [-0.25, -0.2) is 0 Å². The molecule has 35 heavy (non-hydrogen) atoms. The molecule has 0 aromatic rings. The van der Waals surface area contributed by atoms with E-state index in [9.17, 15) is 18.0 Å². The van der Waals surface area contributed by atoms with Crippen molar-refractivity contribution in [3.8, 4) is 0 Å². The zero-order valence-electron chi connectivity index (χ0n) is 22.4. The average molecular weight is 521 g/mol. The number of unbranched alkanes of at least 4 members (excludes halogenated alkanes) is 17. The Bertz CT molecular complexity index is 648. The molecule has 0 aliphatic carbocycles. The molecule has 0 aromatic heterocycles. The van der Waals surface area contributed by atoms with E-state index in [2.05, 4.69) is 11.1 Å². The Morgan fingerprint density at radius 3 is 1.34 bits per heavy atom. The smallest absolute Gasteiger partial charge is 0.448 e. The van der Waals surface area contributed by atoms with Gasteiger partial charge in [0.2, 0.25) is 0 Å². The van der Waals surface area contributed by atoms with Crippen molar-refractivity contribution in [2.24, 2.45) is 5.41 Å². The van der Waals surface area contributed by atoms with E-state index < -0.39 is 27.8 Å². The highest BCUT2D eigenvalue weighted by atomic mass is 32.3. The highest BCUT2D eigenvalue weighted by Gasteiger charge is 2.36. The molecule has 0 aliphatic rings. The van der Waals surface area contributed by atoms with Crippen molar-refractivity contribution in [3.05, 3.63) is 0 Å². The van der Waals surface area contributed by atoms with Crippen molar-refractivity contribution in [1.29, 1.82) is 0 Å². The van der Waals surface area contributed by atoms with Crippen molar-refractivity contribution >= 4 is 22.3 Å². The molecule has 1 atom stereocenters. The summed E-state index contributed by atoms with van der Waals surface area (Å²) in [5.74, 6) is -1.56. The standard InChI is InChI=1S/C27H52O7S/c1-3-4-5-6-7-14-17-20-23-27(2,26(30)34-35(31,32)33)24-21-18-15-12-10-8-9-11-13-16-19-22-25(28)29/h3-24H2,1-2H3,(H,28,29)(H,31,32,33). The number of carboxylic acid groups (broad SMARTS) is 1. The first-order valence-corrected chi connectivity index (χ1v) is 15.4. The van der Waals surface area contributed by atoms with E-state index in [-0.39, 0.29) is 6.42 Å². The molecule has 0 radical (unpaired) electrons. The number of rotatable bonds is 25. The summed E-state index contributed by atoms with van der Waals surface area (Å²) >= 11 is 0. The van der Waals surface area contributed by atoms with E-state index in [0.29, 0.717) is 12.8 Å². The number of carboxylic acids is 1. The fourth-order valence-electron chi connectivity index (χ4n) is 4.56. The van der Waals surface area contributed by atoms with Gasteiger partial charge in [0.15, 0.2) is 0 Å². The van der Waals surface area contributed by atoms with Crippen LogP contribution in [0.15, 0.2) is 0 Å². The Kier molecular flexibility index (Phi) is 20.3. The van der Waals surface area contributed by atoms with Gasteiger partial charge in [0, 0.05) is 6.42 Å². The Morgan fingerprint density at radius 2 is 1.00 bits per heavy atom. The number of hydrogen-bond donors (Lipinski definition) is 2. The molecule has 0 saturated heterocycles. The summed E-state index contributed by atoms with van der Waals surface area (Å²) in [4.78, 5) is 23.0. The number of aliphatic carboxylic acids is 1. The lowest BCUT2D eigenvalue weighted by Crippen LogP contribution is -2.31. The van der Waals surface area contributed by atoms with Crippen LogP contribution in [0, 0.1) is 5.41 Å². The first-order valence-electron chi connectivity index (χ1n) is 14.0. The molecule has 0 aromatic carbocycles. The molecule has 0 spiro atoms. The maximum absolute atomic E-state index is 12.5. The minimum atomic E-state index is -4.79. The van der Waals surface area contributed by atoms with Gasteiger partial charge in [-0.15, -0.1) is 0 Å². The second-order valence-electron chi connectivity index (χ2n) is 10.4. The molecule has 0 bridgehead atoms. The van der Waals surface area contributed by atoms with Gasteiger partial charge >= 0.3 is 22.3 Å². The summed E-state index contributed by atoms with van der Waals surface area (Å²) in [7, 11) is -4.79. The molecule has 2 N–H and O–H groups in total. The van der Waals surface area contributed by atoms with Gasteiger partial charge in [0.1, 0.15) is 0 Å². The Labute approximate surface area is 214 Å². The highest BCUT2D eigenvalue weighted by Crippen LogP contribution is 2.33. The summed E-state index contributed by atoms with van der Waals surface area (Å²) in [5.41, 5.74) is -0.890. The predicted molar refractivity (Wildman–Crippen MR) is 141 cm³/mol. The minimum Gasteiger partial charge on any atom is -0.481 e. The van der Waals surface area contributed by atoms with Crippen molar-refractivity contribution in [2.45, 2.75) is 155 Å². The van der Waals surface area contributed by atoms with Gasteiger partial charge in [-0.2, -0.15) is 8.42 Å². The van der Waals surface area contributed by atoms with Crippen LogP contribution in [0.3, 0.4) is 0 Å². The summed E-state index contributed by atoms with van der Waals surface area (Å²) in [5, 5.41) is 8.62. The van der Waals surface area contributed by atoms with Crippen LogP contribution < -0.4 is 0 Å². The first-order chi connectivity index (χ1) is 16.6. The predicted octanol–water partition coefficient (Wildman–Crippen LogP) is 8.03. The molecule has 0 aliphatic heterocycles. The van der Waals surface area contributed by atoms with Crippen LogP contribution >= 0.6 is 0 Å². The fraction of sp³-hybridized carbons (Fsp3) is 0.926. The molecule has 7 nitrogen and oxygen atoms in total. The van der Waals surface area contributed by atoms with Crippen molar-refractivity contribution in [3.63, 3.8) is 0 Å². The molecule has 1 unspecified atom stereocenters. The van der Waals surface area contributed by atoms with Gasteiger partial charge in [-0.1, -0.05) is 122 Å². The van der Waals surface area contributed by atoms with Crippen molar-refractivity contribution in [1.82, 2.24) is 0 Å². The maximum Gasteiger partial charge on any atom is 0.448 e. The van der Waals surface area contributed by atoms with Crippen LogP contribution in [0.2, 0.25) is 0 Å². The van der Waals surface area contributed by atoms with Crippen LogP contribution in [0.4, 0.5) is 0 Å². The molecule has 208 valence electrons. The van der Waals surface area contributed by atoms with Crippen LogP contribution in [-0.2, 0) is 24.2 Å². The van der Waals surface area contributed by atoms with Crippen molar-refractivity contribution < 1.29 is 31.8 Å². The van der Waals surface area contributed by atoms with Gasteiger partial charge in [-0.05, 0) is 26.2 Å². The second kappa shape index (κ2) is 21.0. The van der Waals surface area contributed by atoms with Crippen LogP contribution in [-0.4, -0.2) is 30.0 Å². The highest BCUT2D eigenvalue weighted by molar-refractivity contribution is 7.81. The normalized spacial score (nSPS) is 13.5. The lowest BCUT2D eigenvalue weighted by atomic mass is 9.80. The minimum absolute atomic E-state index is 0.270. The lowest BCUT2D eigenvalue weighted by Gasteiger charge is -2.26. The third-order valence-corrected chi connectivity index (χ3v) is 7.24. The number of hydrogen-bond acceptors (Lipinski definition) is 5. The Hall–Kier alpha value is -1.15. The van der Waals surface area contributed by atoms with Crippen LogP contribution in [0.5, 0.6) is 0 Å². The molecule has 0 amide bonds. The number of carbonyl (C=O) groups excluding carboxylic acids is 1. The zero-order chi connectivity index (χ0) is 26.4. The molecule has 0 rings (SSSR count). The quantitative estimate of drug-likeness (QED) is 0.0923. The maximum atomic E-state index is 12.5. The summed E-state index contributed by atoms with van der Waals surface area (Å²) in [6.07, 6.45) is 22.2. The summed E-state index contributed by atoms with van der Waals surface area (Å²) < 4.78 is 35.5. The largest absolute Gasteiger partial charge is 0.481 e. The third kappa shape index (κ3) is 21.8. The first kappa shape index (κ1) is 33.8. The van der Waals surface area contributed by atoms with Gasteiger partial charge in [0.25, 0.3) is 0 Å².